The minimum atomic E-state index is -1.28. The molecule has 0 unspecified atom stereocenters. The van der Waals surface area contributed by atoms with Crippen LogP contribution in [0.1, 0.15) is 5.56 Å². The molecule has 0 spiro atoms. The van der Waals surface area contributed by atoms with Crippen LogP contribution in [0.4, 0.5) is 14.9 Å². The topological polar surface area (TPSA) is 49.3 Å². The van der Waals surface area contributed by atoms with Crippen LogP contribution in [0.3, 0.4) is 0 Å². The van der Waals surface area contributed by atoms with E-state index in [0.717, 1.165) is 5.56 Å². The van der Waals surface area contributed by atoms with Crippen LogP contribution < -0.4 is 5.32 Å². The van der Waals surface area contributed by atoms with Gasteiger partial charge in [-0.25, -0.2) is 9.18 Å². The number of aryl methyl sites for hydroxylation is 1. The molecule has 0 radical (unpaired) electrons. The average Bonchev–Trinajstić information content (AvgIpc) is 1.99. The van der Waals surface area contributed by atoms with Gasteiger partial charge in [-0.3, -0.25) is 5.32 Å². The van der Waals surface area contributed by atoms with Crippen molar-refractivity contribution in [3.63, 3.8) is 0 Å². The van der Waals surface area contributed by atoms with Crippen molar-refractivity contribution in [2.45, 2.75) is 6.92 Å². The Labute approximate surface area is 82.7 Å². The maximum atomic E-state index is 13.0. The number of hydrogen-bond acceptors (Lipinski definition) is 1. The Morgan fingerprint density at radius 2 is 2.23 bits per heavy atom. The van der Waals surface area contributed by atoms with Gasteiger partial charge in [-0.15, -0.1) is 0 Å². The van der Waals surface area contributed by atoms with E-state index >= 15 is 0 Å². The van der Waals surface area contributed by atoms with Gasteiger partial charge in [-0.2, -0.15) is 0 Å². The Kier molecular flexibility index (Phi) is 2.87. The molecule has 13 heavy (non-hydrogen) atoms. The molecular formula is C8H7BrFNO2. The lowest BCUT2D eigenvalue weighted by molar-refractivity contribution is 0.209. The third kappa shape index (κ3) is 2.42. The van der Waals surface area contributed by atoms with Crippen molar-refractivity contribution in [3.8, 4) is 0 Å². The van der Waals surface area contributed by atoms with Crippen LogP contribution in [0.25, 0.3) is 0 Å². The van der Waals surface area contributed by atoms with Gasteiger partial charge in [-0.1, -0.05) is 15.9 Å². The van der Waals surface area contributed by atoms with E-state index in [4.69, 9.17) is 5.11 Å². The van der Waals surface area contributed by atoms with Gasteiger partial charge in [0.1, 0.15) is 5.82 Å². The van der Waals surface area contributed by atoms with Crippen molar-refractivity contribution >= 4 is 27.7 Å². The Hall–Kier alpha value is -1.10. The summed E-state index contributed by atoms with van der Waals surface area (Å²) >= 11 is 3.13. The van der Waals surface area contributed by atoms with Gasteiger partial charge in [0.25, 0.3) is 0 Å². The van der Waals surface area contributed by atoms with Crippen molar-refractivity contribution in [1.82, 2.24) is 0 Å². The van der Waals surface area contributed by atoms with E-state index in [-0.39, 0.29) is 5.69 Å². The van der Waals surface area contributed by atoms with Gasteiger partial charge in [0.05, 0.1) is 5.69 Å². The molecule has 3 nitrogen and oxygen atoms in total. The number of nitrogens with one attached hydrogen (secondary N) is 1. The van der Waals surface area contributed by atoms with E-state index in [1.165, 1.54) is 12.1 Å². The molecule has 0 aliphatic carbocycles. The number of rotatable bonds is 1. The predicted molar refractivity (Wildman–Crippen MR) is 50.5 cm³/mol. The van der Waals surface area contributed by atoms with Gasteiger partial charge in [-0.05, 0) is 24.6 Å². The van der Waals surface area contributed by atoms with Gasteiger partial charge >= 0.3 is 6.09 Å². The molecule has 1 amide bonds. The van der Waals surface area contributed by atoms with E-state index in [1.54, 1.807) is 6.92 Å². The Morgan fingerprint density at radius 3 is 2.77 bits per heavy atom. The maximum Gasteiger partial charge on any atom is 0.409 e. The lowest BCUT2D eigenvalue weighted by atomic mass is 10.2. The normalized spacial score (nSPS) is 9.77. The molecule has 0 bridgehead atoms. The first-order valence-electron chi connectivity index (χ1n) is 3.46. The van der Waals surface area contributed by atoms with E-state index in [0.29, 0.717) is 4.47 Å². The van der Waals surface area contributed by atoms with Crippen LogP contribution >= 0.6 is 15.9 Å². The summed E-state index contributed by atoms with van der Waals surface area (Å²) in [5.41, 5.74) is 0.735. The zero-order valence-corrected chi connectivity index (χ0v) is 8.35. The minimum absolute atomic E-state index is 0.0341. The molecule has 0 saturated carbocycles. The van der Waals surface area contributed by atoms with Gasteiger partial charge < -0.3 is 5.11 Å². The Morgan fingerprint density at radius 1 is 1.62 bits per heavy atom. The first-order chi connectivity index (χ1) is 6.00. The van der Waals surface area contributed by atoms with E-state index in [1.807, 2.05) is 5.32 Å². The number of anilines is 1. The maximum absolute atomic E-state index is 13.0. The summed E-state index contributed by atoms with van der Waals surface area (Å²) < 4.78 is 13.6. The van der Waals surface area contributed by atoms with Gasteiger partial charge in [0.15, 0.2) is 0 Å². The monoisotopic (exact) mass is 247 g/mol. The summed E-state index contributed by atoms with van der Waals surface area (Å²) in [5, 5.41) is 10.3. The molecule has 1 rings (SSSR count). The Balaban J connectivity index is 3.08. The third-order valence-corrected chi connectivity index (χ3v) is 2.34. The second-order valence-electron chi connectivity index (χ2n) is 2.51. The SMILES string of the molecule is Cc1cc(NC(=O)O)c(F)cc1Br. The zero-order chi connectivity index (χ0) is 10.0. The molecule has 0 aromatic heterocycles. The van der Waals surface area contributed by atoms with Crippen LogP contribution in [0.2, 0.25) is 0 Å². The summed E-state index contributed by atoms with van der Waals surface area (Å²) in [5.74, 6) is -0.597. The fraction of sp³-hybridized carbons (Fsp3) is 0.125. The summed E-state index contributed by atoms with van der Waals surface area (Å²) in [4.78, 5) is 10.2. The molecule has 1 aromatic rings. The van der Waals surface area contributed by atoms with Crippen molar-refractivity contribution in [2.24, 2.45) is 0 Å². The van der Waals surface area contributed by atoms with Gasteiger partial charge in [0, 0.05) is 4.47 Å². The molecule has 5 heteroatoms. The molecule has 0 aliphatic heterocycles. The molecule has 1 aromatic carbocycles. The lowest BCUT2D eigenvalue weighted by Crippen LogP contribution is -2.09. The van der Waals surface area contributed by atoms with Crippen molar-refractivity contribution in [1.29, 1.82) is 0 Å². The van der Waals surface area contributed by atoms with E-state index in [2.05, 4.69) is 15.9 Å². The number of halogens is 2. The first-order valence-corrected chi connectivity index (χ1v) is 4.25. The largest absolute Gasteiger partial charge is 0.465 e. The van der Waals surface area contributed by atoms with Crippen molar-refractivity contribution in [3.05, 3.63) is 28.0 Å². The highest BCUT2D eigenvalue weighted by Gasteiger charge is 2.07. The summed E-state index contributed by atoms with van der Waals surface area (Å²) in [6, 6.07) is 2.65. The highest BCUT2D eigenvalue weighted by atomic mass is 79.9. The van der Waals surface area contributed by atoms with Crippen molar-refractivity contribution < 1.29 is 14.3 Å². The average molecular weight is 248 g/mol. The zero-order valence-electron chi connectivity index (χ0n) is 6.77. The molecule has 0 heterocycles. The molecule has 0 fully saturated rings. The highest BCUT2D eigenvalue weighted by Crippen LogP contribution is 2.23. The third-order valence-electron chi connectivity index (χ3n) is 1.49. The molecule has 2 N–H and O–H groups in total. The number of carbonyl (C=O) groups is 1. The van der Waals surface area contributed by atoms with Crippen LogP contribution in [-0.4, -0.2) is 11.2 Å². The first kappa shape index (κ1) is 9.98. The smallest absolute Gasteiger partial charge is 0.409 e. The van der Waals surface area contributed by atoms with E-state index < -0.39 is 11.9 Å². The van der Waals surface area contributed by atoms with Crippen molar-refractivity contribution in [2.75, 3.05) is 5.32 Å². The fourth-order valence-electron chi connectivity index (χ4n) is 0.868. The highest BCUT2D eigenvalue weighted by molar-refractivity contribution is 9.10. The van der Waals surface area contributed by atoms with Crippen LogP contribution in [0.15, 0.2) is 16.6 Å². The van der Waals surface area contributed by atoms with E-state index in [9.17, 15) is 9.18 Å². The number of carboxylic acid groups (broad SMARTS) is 1. The number of amides is 1. The number of benzene rings is 1. The predicted octanol–water partition coefficient (Wildman–Crippen LogP) is 2.99. The standard InChI is InChI=1S/C8H7BrFNO2/c1-4-2-7(11-8(12)13)6(10)3-5(4)9/h2-3,11H,1H3,(H,12,13). The number of hydrogen-bond donors (Lipinski definition) is 2. The molecule has 70 valence electrons. The Bertz CT molecular complexity index is 354. The molecule has 0 saturated heterocycles. The molecule has 0 aliphatic rings. The summed E-state index contributed by atoms with van der Waals surface area (Å²) in [7, 11) is 0. The summed E-state index contributed by atoms with van der Waals surface area (Å²) in [6.45, 7) is 1.75. The summed E-state index contributed by atoms with van der Waals surface area (Å²) in [6.07, 6.45) is -1.28. The van der Waals surface area contributed by atoms with Crippen LogP contribution in [-0.2, 0) is 0 Å². The lowest BCUT2D eigenvalue weighted by Gasteiger charge is -2.05. The fourth-order valence-corrected chi connectivity index (χ4v) is 1.18. The molecule has 0 atom stereocenters. The van der Waals surface area contributed by atoms with Crippen LogP contribution in [0, 0.1) is 12.7 Å². The second kappa shape index (κ2) is 3.74. The minimum Gasteiger partial charge on any atom is -0.465 e. The van der Waals surface area contributed by atoms with Gasteiger partial charge in [0.2, 0.25) is 0 Å². The van der Waals surface area contributed by atoms with Crippen LogP contribution in [0.5, 0.6) is 0 Å². The quantitative estimate of drug-likeness (QED) is 0.802. The second-order valence-corrected chi connectivity index (χ2v) is 3.37. The molecular weight excluding hydrogens is 241 g/mol.